The molecule has 0 fully saturated rings. The van der Waals surface area contributed by atoms with E-state index in [-0.39, 0.29) is 18.8 Å². The fourth-order valence-electron chi connectivity index (χ4n) is 1.89. The van der Waals surface area contributed by atoms with Gasteiger partial charge in [-0.1, -0.05) is 6.07 Å². The molecule has 0 saturated carbocycles. The summed E-state index contributed by atoms with van der Waals surface area (Å²) in [4.78, 5) is 17.0. The van der Waals surface area contributed by atoms with E-state index in [1.54, 1.807) is 6.07 Å². The van der Waals surface area contributed by atoms with E-state index in [0.29, 0.717) is 5.56 Å². The maximum atomic E-state index is 13.5. The number of esters is 1. The van der Waals surface area contributed by atoms with Crippen molar-refractivity contribution in [2.75, 3.05) is 7.11 Å². The molecule has 1 aromatic heterocycles. The zero-order valence-electron chi connectivity index (χ0n) is 12.1. The third-order valence-corrected chi connectivity index (χ3v) is 3.97. The molecule has 0 radical (unpaired) electrons. The molecule has 0 atom stereocenters. The zero-order chi connectivity index (χ0) is 15.4. The average molecular weight is 309 g/mol. The summed E-state index contributed by atoms with van der Waals surface area (Å²) >= 11 is 1.51. The number of halogens is 1. The molecule has 0 N–H and O–H groups in total. The lowest BCUT2D eigenvalue weighted by Gasteiger charge is -2.06. The van der Waals surface area contributed by atoms with E-state index in [1.165, 1.54) is 30.6 Å². The summed E-state index contributed by atoms with van der Waals surface area (Å²) in [5.74, 6) is -0.732. The highest BCUT2D eigenvalue weighted by Gasteiger charge is 2.11. The standard InChI is InChI=1S/C15H16FNO3S/c1-9-14(21-10(2)17-9)8-20-15(18)7-11-4-5-13(19-3)12(16)6-11/h4-6H,7-8H2,1-3H3. The predicted molar refractivity (Wildman–Crippen MR) is 78.0 cm³/mol. The van der Waals surface area contributed by atoms with E-state index in [9.17, 15) is 9.18 Å². The molecule has 0 spiro atoms. The first-order chi connectivity index (χ1) is 9.99. The molecule has 6 heteroatoms. The van der Waals surface area contributed by atoms with Gasteiger partial charge in [-0.05, 0) is 31.5 Å². The van der Waals surface area contributed by atoms with Gasteiger partial charge in [-0.2, -0.15) is 0 Å². The second kappa shape index (κ2) is 6.67. The van der Waals surface area contributed by atoms with Crippen LogP contribution in [-0.2, 0) is 22.6 Å². The van der Waals surface area contributed by atoms with Gasteiger partial charge in [-0.3, -0.25) is 4.79 Å². The Balaban J connectivity index is 1.93. The number of benzene rings is 1. The molecule has 0 unspecified atom stereocenters. The van der Waals surface area contributed by atoms with E-state index in [2.05, 4.69) is 4.98 Å². The van der Waals surface area contributed by atoms with Crippen LogP contribution >= 0.6 is 11.3 Å². The molecule has 0 aliphatic rings. The Hall–Kier alpha value is -1.95. The first-order valence-corrected chi connectivity index (χ1v) is 7.22. The van der Waals surface area contributed by atoms with Crippen LogP contribution in [0.1, 0.15) is 21.1 Å². The first kappa shape index (κ1) is 15.4. The van der Waals surface area contributed by atoms with Gasteiger partial charge in [0, 0.05) is 0 Å². The van der Waals surface area contributed by atoms with Crippen LogP contribution in [0.25, 0.3) is 0 Å². The Morgan fingerprint density at radius 3 is 2.71 bits per heavy atom. The summed E-state index contributed by atoms with van der Waals surface area (Å²) in [5, 5.41) is 0.941. The largest absolute Gasteiger partial charge is 0.494 e. The number of methoxy groups -OCH3 is 1. The summed E-state index contributed by atoms with van der Waals surface area (Å²) in [6.45, 7) is 3.99. The molecule has 0 saturated heterocycles. The van der Waals surface area contributed by atoms with Crippen molar-refractivity contribution < 1.29 is 18.7 Å². The highest BCUT2D eigenvalue weighted by Crippen LogP contribution is 2.20. The van der Waals surface area contributed by atoms with Crippen LogP contribution in [0.3, 0.4) is 0 Å². The smallest absolute Gasteiger partial charge is 0.310 e. The fourth-order valence-corrected chi connectivity index (χ4v) is 2.74. The van der Waals surface area contributed by atoms with Crippen LogP contribution in [0.15, 0.2) is 18.2 Å². The number of thiazole rings is 1. The molecule has 0 aliphatic heterocycles. The number of aromatic nitrogens is 1. The minimum Gasteiger partial charge on any atom is -0.494 e. The molecule has 21 heavy (non-hydrogen) atoms. The number of rotatable bonds is 5. The maximum Gasteiger partial charge on any atom is 0.310 e. The normalized spacial score (nSPS) is 10.5. The van der Waals surface area contributed by atoms with Crippen LogP contribution in [0.4, 0.5) is 4.39 Å². The summed E-state index contributed by atoms with van der Waals surface area (Å²) < 4.78 is 23.6. The Kier molecular flexibility index (Phi) is 4.90. The highest BCUT2D eigenvalue weighted by molar-refractivity contribution is 7.11. The van der Waals surface area contributed by atoms with E-state index < -0.39 is 11.8 Å². The molecule has 0 amide bonds. The van der Waals surface area contributed by atoms with Gasteiger partial charge in [-0.15, -0.1) is 11.3 Å². The lowest BCUT2D eigenvalue weighted by Crippen LogP contribution is -2.08. The monoisotopic (exact) mass is 309 g/mol. The summed E-state index contributed by atoms with van der Waals surface area (Å²) in [6, 6.07) is 4.42. The van der Waals surface area contributed by atoms with Gasteiger partial charge >= 0.3 is 5.97 Å². The molecule has 0 aliphatic carbocycles. The molecule has 4 nitrogen and oxygen atoms in total. The number of nitrogens with zero attached hydrogens (tertiary/aromatic N) is 1. The Bertz CT molecular complexity index is 654. The molecule has 1 aromatic carbocycles. The third-order valence-electron chi connectivity index (χ3n) is 2.93. The fraction of sp³-hybridized carbons (Fsp3) is 0.333. The molecule has 0 bridgehead atoms. The van der Waals surface area contributed by atoms with Gasteiger partial charge < -0.3 is 9.47 Å². The van der Waals surface area contributed by atoms with Crippen molar-refractivity contribution in [2.24, 2.45) is 0 Å². The molecule has 112 valence electrons. The van der Waals surface area contributed by atoms with Crippen molar-refractivity contribution in [3.05, 3.63) is 45.2 Å². The molecular formula is C15H16FNO3S. The highest BCUT2D eigenvalue weighted by atomic mass is 32.1. The number of carbonyl (C=O) groups is 1. The number of hydrogen-bond donors (Lipinski definition) is 0. The topological polar surface area (TPSA) is 48.4 Å². The minimum atomic E-state index is -0.489. The second-order valence-corrected chi connectivity index (χ2v) is 5.84. The molecule has 2 aromatic rings. The molecule has 2 rings (SSSR count). The second-order valence-electron chi connectivity index (χ2n) is 4.55. The van der Waals surface area contributed by atoms with Crippen molar-refractivity contribution in [2.45, 2.75) is 26.9 Å². The van der Waals surface area contributed by atoms with Gasteiger partial charge in [-0.25, -0.2) is 9.37 Å². The van der Waals surface area contributed by atoms with Gasteiger partial charge in [0.05, 0.1) is 29.1 Å². The Morgan fingerprint density at radius 2 is 2.14 bits per heavy atom. The summed E-state index contributed by atoms with van der Waals surface area (Å²) in [6.07, 6.45) is 0.0255. The average Bonchev–Trinajstić information content (AvgIpc) is 2.75. The van der Waals surface area contributed by atoms with Crippen molar-refractivity contribution >= 4 is 17.3 Å². The third kappa shape index (κ3) is 4.01. The number of hydrogen-bond acceptors (Lipinski definition) is 5. The minimum absolute atomic E-state index is 0.0255. The van der Waals surface area contributed by atoms with Crippen LogP contribution in [0.5, 0.6) is 5.75 Å². The van der Waals surface area contributed by atoms with Crippen LogP contribution in [0.2, 0.25) is 0 Å². The quantitative estimate of drug-likeness (QED) is 0.796. The van der Waals surface area contributed by atoms with Gasteiger partial charge in [0.1, 0.15) is 6.61 Å². The molecule has 1 heterocycles. The van der Waals surface area contributed by atoms with Crippen LogP contribution in [-0.4, -0.2) is 18.1 Å². The van der Waals surface area contributed by atoms with Crippen LogP contribution < -0.4 is 4.74 Å². The molecular weight excluding hydrogens is 293 g/mol. The zero-order valence-corrected chi connectivity index (χ0v) is 12.9. The lowest BCUT2D eigenvalue weighted by atomic mass is 10.1. The number of carbonyl (C=O) groups excluding carboxylic acids is 1. The Labute approximate surface area is 126 Å². The van der Waals surface area contributed by atoms with Crippen LogP contribution in [0, 0.1) is 19.7 Å². The van der Waals surface area contributed by atoms with Crippen molar-refractivity contribution in [1.29, 1.82) is 0 Å². The van der Waals surface area contributed by atoms with E-state index in [4.69, 9.17) is 9.47 Å². The summed E-state index contributed by atoms with van der Waals surface area (Å²) in [7, 11) is 1.39. The first-order valence-electron chi connectivity index (χ1n) is 6.40. The lowest BCUT2D eigenvalue weighted by molar-refractivity contribution is -0.144. The van der Waals surface area contributed by atoms with Gasteiger partial charge in [0.15, 0.2) is 11.6 Å². The number of ether oxygens (including phenoxy) is 2. The number of aryl methyl sites for hydroxylation is 2. The maximum absolute atomic E-state index is 13.5. The SMILES string of the molecule is COc1ccc(CC(=O)OCc2sc(C)nc2C)cc1F. The van der Waals surface area contributed by atoms with E-state index >= 15 is 0 Å². The summed E-state index contributed by atoms with van der Waals surface area (Å²) in [5.41, 5.74) is 1.43. The van der Waals surface area contributed by atoms with E-state index in [1.807, 2.05) is 13.8 Å². The van der Waals surface area contributed by atoms with Crippen molar-refractivity contribution in [3.63, 3.8) is 0 Å². The van der Waals surface area contributed by atoms with Crippen molar-refractivity contribution in [1.82, 2.24) is 4.98 Å². The Morgan fingerprint density at radius 1 is 1.38 bits per heavy atom. The predicted octanol–water partition coefficient (Wildman–Crippen LogP) is 3.19. The van der Waals surface area contributed by atoms with E-state index in [0.717, 1.165) is 15.6 Å². The van der Waals surface area contributed by atoms with Gasteiger partial charge in [0.25, 0.3) is 0 Å². The van der Waals surface area contributed by atoms with Gasteiger partial charge in [0.2, 0.25) is 0 Å². The van der Waals surface area contributed by atoms with Crippen molar-refractivity contribution in [3.8, 4) is 5.75 Å².